The number of ether oxygens (including phenoxy) is 3. The van der Waals surface area contributed by atoms with Crippen LogP contribution in [-0.4, -0.2) is 55.5 Å². The zero-order valence-electron chi connectivity index (χ0n) is 50.2. The number of carbonyl (C=O) groups is 3. The molecule has 12 bridgehead atoms. The van der Waals surface area contributed by atoms with Gasteiger partial charge in [-0.1, -0.05) is 86.5 Å². The molecule has 6 unspecified atom stereocenters. The smallest absolute Gasteiger partial charge is 0.376 e. The van der Waals surface area contributed by atoms with E-state index in [1.165, 1.54) is 108 Å². The topological polar surface area (TPSA) is 78.9 Å². The molecule has 0 saturated heterocycles. The Hall–Kier alpha value is -4.35. The monoisotopic (exact) mass is 1130 g/mol. The van der Waals surface area contributed by atoms with E-state index in [1.54, 1.807) is 0 Å². The fraction of sp³-hybridized carbons (Fsp3) is 0.696. The number of benzene rings is 3. The second-order valence-corrected chi connectivity index (χ2v) is 30.5. The molecule has 3 aromatic rings. The molecule has 0 radical (unpaired) electrons. The van der Waals surface area contributed by atoms with Crippen molar-refractivity contribution in [2.45, 2.75) is 231 Å². The van der Waals surface area contributed by atoms with Gasteiger partial charge in [0.25, 0.3) is 0 Å². The first-order valence-electron chi connectivity index (χ1n) is 30.5. The summed E-state index contributed by atoms with van der Waals surface area (Å²) in [5.74, 6) is -10.7. The molecular formula is C69H90F6O6. The summed E-state index contributed by atoms with van der Waals surface area (Å²) in [5.41, 5.74) is 12.3. The number of esters is 3. The quantitative estimate of drug-likeness (QED) is 0.102. The fourth-order valence-corrected chi connectivity index (χ4v) is 20.6. The van der Waals surface area contributed by atoms with Crippen LogP contribution in [0.2, 0.25) is 0 Å². The van der Waals surface area contributed by atoms with E-state index in [4.69, 9.17) is 14.2 Å². The van der Waals surface area contributed by atoms with Crippen molar-refractivity contribution in [3.63, 3.8) is 0 Å². The molecule has 12 fully saturated rings. The lowest BCUT2D eigenvalue weighted by atomic mass is 9.42. The maximum absolute atomic E-state index is 13.3. The van der Waals surface area contributed by atoms with E-state index in [-0.39, 0.29) is 57.7 Å². The number of halogens is 6. The molecule has 0 aliphatic heterocycles. The molecule has 12 aliphatic carbocycles. The highest BCUT2D eigenvalue weighted by molar-refractivity contribution is 5.77. The molecule has 0 N–H and O–H groups in total. The third-order valence-corrected chi connectivity index (χ3v) is 21.7. The van der Waals surface area contributed by atoms with Gasteiger partial charge >= 0.3 is 35.7 Å². The number of alkyl halides is 6. The van der Waals surface area contributed by atoms with Crippen LogP contribution >= 0.6 is 0 Å². The standard InChI is InChI=1S/C24H32F2O2.C23H30F2O2.C22H28F2O2/c1-21(2,3)18-5-7-19(8-6-18)24-12-16-9-17(13-24)11-23(10-16,14-24)15-28-20(27)22(4,25)26;1-14-5-15(2)19(16(3)6-14)23-10-17-7-18(11-23)9-22(8-17,12-23)13-27-20(26)21(4,24)25;1-14-4-5-18(15(2)6-14)22-10-16-7-17(11-22)9-21(8-16,12-22)13-26-19(25)20(3,23)24/h5-8,16-17H,9-15H2,1-4H3;5-6,17-18H,7-13H2,1-4H3;4-6,16-17H,7-13H2,1-3H3. The Labute approximate surface area is 478 Å². The molecule has 0 spiro atoms. The Morgan fingerprint density at radius 1 is 0.432 bits per heavy atom. The number of rotatable bonds is 12. The molecule has 12 aliphatic rings. The number of aryl methyl sites for hydroxylation is 5. The number of carbonyl (C=O) groups excluding carboxylic acids is 3. The Morgan fingerprint density at radius 3 is 1.12 bits per heavy atom. The average Bonchev–Trinajstić information content (AvgIpc) is 2.14. The summed E-state index contributed by atoms with van der Waals surface area (Å²) >= 11 is 0. The van der Waals surface area contributed by atoms with Gasteiger partial charge in [-0.05, 0) is 246 Å². The van der Waals surface area contributed by atoms with Gasteiger partial charge in [0.1, 0.15) is 0 Å². The molecule has 0 heterocycles. The van der Waals surface area contributed by atoms with Crippen LogP contribution in [0.3, 0.4) is 0 Å². The molecule has 0 amide bonds. The van der Waals surface area contributed by atoms with Gasteiger partial charge in [0, 0.05) is 37.0 Å². The van der Waals surface area contributed by atoms with Crippen LogP contribution in [-0.2, 0) is 50.3 Å². The Morgan fingerprint density at radius 2 is 0.765 bits per heavy atom. The van der Waals surface area contributed by atoms with Crippen molar-refractivity contribution in [1.82, 2.24) is 0 Å². The minimum Gasteiger partial charge on any atom is -0.461 e. The molecule has 3 aromatic carbocycles. The van der Waals surface area contributed by atoms with Gasteiger partial charge in [-0.15, -0.1) is 0 Å². The molecule has 81 heavy (non-hydrogen) atoms. The molecular weight excluding hydrogens is 1040 g/mol. The predicted molar refractivity (Wildman–Crippen MR) is 303 cm³/mol. The summed E-state index contributed by atoms with van der Waals surface area (Å²) in [7, 11) is 0. The first-order valence-corrected chi connectivity index (χ1v) is 30.5. The van der Waals surface area contributed by atoms with Gasteiger partial charge < -0.3 is 14.2 Å². The van der Waals surface area contributed by atoms with Crippen molar-refractivity contribution < 1.29 is 54.9 Å². The van der Waals surface area contributed by atoms with Crippen LogP contribution in [0.5, 0.6) is 0 Å². The van der Waals surface area contributed by atoms with Gasteiger partial charge in [-0.3, -0.25) is 0 Å². The summed E-state index contributed by atoms with van der Waals surface area (Å²) in [5, 5.41) is 0. The Bertz CT molecular complexity index is 2820. The van der Waals surface area contributed by atoms with E-state index in [2.05, 4.69) is 110 Å². The first kappa shape index (κ1) is 59.8. The normalized spacial score (nSPS) is 34.9. The molecule has 0 aromatic heterocycles. The lowest BCUT2D eigenvalue weighted by Crippen LogP contribution is -2.56. The highest BCUT2D eigenvalue weighted by Crippen LogP contribution is 2.69. The third-order valence-electron chi connectivity index (χ3n) is 21.7. The maximum atomic E-state index is 13.3. The van der Waals surface area contributed by atoms with E-state index >= 15 is 0 Å². The van der Waals surface area contributed by atoms with Crippen LogP contribution in [0.4, 0.5) is 26.3 Å². The van der Waals surface area contributed by atoms with Crippen molar-refractivity contribution >= 4 is 17.9 Å². The van der Waals surface area contributed by atoms with E-state index in [9.17, 15) is 40.7 Å². The fourth-order valence-electron chi connectivity index (χ4n) is 20.6. The number of hydrogen-bond donors (Lipinski definition) is 0. The lowest BCUT2D eigenvalue weighted by molar-refractivity contribution is -0.180. The van der Waals surface area contributed by atoms with Gasteiger partial charge in [0.2, 0.25) is 0 Å². The van der Waals surface area contributed by atoms with E-state index in [0.29, 0.717) is 56.3 Å². The zero-order chi connectivity index (χ0) is 58.7. The minimum atomic E-state index is -3.41. The molecule has 444 valence electrons. The Balaban J connectivity index is 0.000000136. The van der Waals surface area contributed by atoms with Crippen molar-refractivity contribution in [3.05, 3.63) is 105 Å². The zero-order valence-corrected chi connectivity index (χ0v) is 50.2. The van der Waals surface area contributed by atoms with Crippen LogP contribution in [0, 0.1) is 86.4 Å². The Kier molecular flexibility index (Phi) is 15.3. The summed E-state index contributed by atoms with van der Waals surface area (Å²) in [6.45, 7) is 19.8. The van der Waals surface area contributed by atoms with Gasteiger partial charge in [0.15, 0.2) is 0 Å². The van der Waals surface area contributed by atoms with Crippen molar-refractivity contribution in [3.8, 4) is 0 Å². The number of hydrogen-bond acceptors (Lipinski definition) is 6. The maximum Gasteiger partial charge on any atom is 0.376 e. The molecule has 12 saturated carbocycles. The van der Waals surface area contributed by atoms with Gasteiger partial charge in [0.05, 0.1) is 19.8 Å². The largest absolute Gasteiger partial charge is 0.461 e. The lowest BCUT2D eigenvalue weighted by Gasteiger charge is -2.62. The summed E-state index contributed by atoms with van der Waals surface area (Å²) in [6, 6.07) is 20.3. The van der Waals surface area contributed by atoms with Gasteiger partial charge in [-0.2, -0.15) is 26.3 Å². The summed E-state index contributed by atoms with van der Waals surface area (Å²) in [6.07, 6.45) is 19.8. The SMILES string of the molecule is CC(F)(F)C(=O)OCC12CC3CC(C1)CC(c1ccc(C(C)(C)C)cc1)(C3)C2.Cc1cc(C)c(C23CC4CC(CC(COC(=O)C(C)(F)F)(C4)C2)C3)c(C)c1.Cc1ccc(C23CC4CC(CC(COC(=O)C(C)(F)F)(C4)C2)C3)c(C)c1. The summed E-state index contributed by atoms with van der Waals surface area (Å²) in [4.78, 5) is 35.0. The average molecular weight is 1130 g/mol. The highest BCUT2D eigenvalue weighted by atomic mass is 19.3. The first-order chi connectivity index (χ1) is 37.5. The van der Waals surface area contributed by atoms with Crippen LogP contribution in [0.15, 0.2) is 54.6 Å². The van der Waals surface area contributed by atoms with E-state index in [0.717, 1.165) is 57.8 Å². The van der Waals surface area contributed by atoms with E-state index in [1.807, 2.05) is 0 Å². The van der Waals surface area contributed by atoms with Crippen molar-refractivity contribution in [2.75, 3.05) is 19.8 Å². The second kappa shape index (κ2) is 20.7. The van der Waals surface area contributed by atoms with Crippen molar-refractivity contribution in [1.29, 1.82) is 0 Å². The second-order valence-electron chi connectivity index (χ2n) is 30.5. The van der Waals surface area contributed by atoms with Crippen molar-refractivity contribution in [2.24, 2.45) is 51.8 Å². The minimum absolute atomic E-state index is 0.113. The molecule has 12 heteroatoms. The van der Waals surface area contributed by atoms with Crippen LogP contribution < -0.4 is 0 Å². The van der Waals surface area contributed by atoms with E-state index < -0.39 is 35.7 Å². The predicted octanol–water partition coefficient (Wildman–Crippen LogP) is 17.0. The van der Waals surface area contributed by atoms with Crippen LogP contribution in [0.25, 0.3) is 0 Å². The summed E-state index contributed by atoms with van der Waals surface area (Å²) < 4.78 is 95.0. The highest BCUT2D eigenvalue weighted by Gasteiger charge is 2.62. The molecule has 15 rings (SSSR count). The van der Waals surface area contributed by atoms with Gasteiger partial charge in [-0.25, -0.2) is 14.4 Å². The third kappa shape index (κ3) is 12.0. The van der Waals surface area contributed by atoms with Crippen LogP contribution in [0.1, 0.15) is 207 Å². The molecule has 6 atom stereocenters. The molecule has 6 nitrogen and oxygen atoms in total.